The van der Waals surface area contributed by atoms with Crippen molar-refractivity contribution in [3.8, 4) is 0 Å². The van der Waals surface area contributed by atoms with E-state index in [2.05, 4.69) is 5.32 Å². The van der Waals surface area contributed by atoms with Gasteiger partial charge in [0.25, 0.3) is 0 Å². The number of hydrogen-bond acceptors (Lipinski definition) is 2. The summed E-state index contributed by atoms with van der Waals surface area (Å²) in [6.07, 6.45) is 1.60. The predicted octanol–water partition coefficient (Wildman–Crippen LogP) is 3.89. The summed E-state index contributed by atoms with van der Waals surface area (Å²) in [4.78, 5) is 26.3. The number of fused-ring (bicyclic) bond motifs is 1. The van der Waals surface area contributed by atoms with E-state index in [1.54, 1.807) is 11.9 Å². The third-order valence-electron chi connectivity index (χ3n) is 4.55. The summed E-state index contributed by atoms with van der Waals surface area (Å²) in [6.45, 7) is 0.513. The molecule has 2 aromatic carbocycles. The summed E-state index contributed by atoms with van der Waals surface area (Å²) in [7, 11) is 1.78. The van der Waals surface area contributed by atoms with Crippen molar-refractivity contribution in [2.24, 2.45) is 5.92 Å². The standard InChI is InChI=1S/C20H21ClN2O2/c1-23(13-14-5-4-7-17(21)11-14)19(24)10-9-16-12-15-6-2-3-8-18(15)22-20(16)25/h2-8,11,16H,9-10,12-13H2,1H3,(H,22,25)/t16-/m1/s1. The van der Waals surface area contributed by atoms with Gasteiger partial charge in [-0.2, -0.15) is 0 Å². The van der Waals surface area contributed by atoms with Crippen LogP contribution in [0.4, 0.5) is 5.69 Å². The predicted molar refractivity (Wildman–Crippen MR) is 99.4 cm³/mol. The molecule has 4 nitrogen and oxygen atoms in total. The van der Waals surface area contributed by atoms with Gasteiger partial charge in [-0.25, -0.2) is 0 Å². The third-order valence-corrected chi connectivity index (χ3v) is 4.79. The maximum atomic E-state index is 12.4. The smallest absolute Gasteiger partial charge is 0.227 e. The number of benzene rings is 2. The number of halogens is 1. The van der Waals surface area contributed by atoms with Crippen molar-refractivity contribution in [1.82, 2.24) is 4.90 Å². The Morgan fingerprint density at radius 2 is 2.04 bits per heavy atom. The molecular weight excluding hydrogens is 336 g/mol. The minimum atomic E-state index is -0.154. The van der Waals surface area contributed by atoms with Gasteiger partial charge in [0.2, 0.25) is 11.8 Å². The van der Waals surface area contributed by atoms with Crippen LogP contribution >= 0.6 is 11.6 Å². The molecule has 0 spiro atoms. The van der Waals surface area contributed by atoms with Crippen LogP contribution in [0.5, 0.6) is 0 Å². The molecule has 2 aromatic rings. The lowest BCUT2D eigenvalue weighted by atomic mass is 9.89. The van der Waals surface area contributed by atoms with Gasteiger partial charge in [-0.15, -0.1) is 0 Å². The zero-order chi connectivity index (χ0) is 17.8. The topological polar surface area (TPSA) is 49.4 Å². The minimum Gasteiger partial charge on any atom is -0.341 e. The van der Waals surface area contributed by atoms with Crippen LogP contribution < -0.4 is 5.32 Å². The molecule has 1 N–H and O–H groups in total. The van der Waals surface area contributed by atoms with Crippen molar-refractivity contribution in [1.29, 1.82) is 0 Å². The van der Waals surface area contributed by atoms with Crippen LogP contribution in [0.15, 0.2) is 48.5 Å². The molecule has 1 heterocycles. The lowest BCUT2D eigenvalue weighted by Crippen LogP contribution is -2.32. The molecule has 1 aliphatic heterocycles. The summed E-state index contributed by atoms with van der Waals surface area (Å²) in [5, 5.41) is 3.59. The number of anilines is 1. The zero-order valence-electron chi connectivity index (χ0n) is 14.2. The van der Waals surface area contributed by atoms with E-state index in [0.717, 1.165) is 16.8 Å². The summed E-state index contributed by atoms with van der Waals surface area (Å²) in [6, 6.07) is 15.3. The summed E-state index contributed by atoms with van der Waals surface area (Å²) in [5.74, 6) is -0.117. The molecular formula is C20H21ClN2O2. The summed E-state index contributed by atoms with van der Waals surface area (Å²) in [5.41, 5.74) is 3.01. The second kappa shape index (κ2) is 7.70. The number of carbonyl (C=O) groups is 2. The van der Waals surface area contributed by atoms with Crippen LogP contribution in [-0.2, 0) is 22.6 Å². The van der Waals surface area contributed by atoms with Gasteiger partial charge >= 0.3 is 0 Å². The normalized spacial score (nSPS) is 16.1. The van der Waals surface area contributed by atoms with Gasteiger partial charge < -0.3 is 10.2 Å². The number of para-hydroxylation sites is 1. The maximum absolute atomic E-state index is 12.4. The van der Waals surface area contributed by atoms with Gasteiger partial charge in [-0.1, -0.05) is 41.9 Å². The molecule has 1 aliphatic rings. The maximum Gasteiger partial charge on any atom is 0.227 e. The van der Waals surface area contributed by atoms with Crippen LogP contribution in [0.25, 0.3) is 0 Å². The van der Waals surface area contributed by atoms with Crippen LogP contribution in [0.2, 0.25) is 5.02 Å². The molecule has 0 radical (unpaired) electrons. The van der Waals surface area contributed by atoms with Crippen molar-refractivity contribution in [2.45, 2.75) is 25.8 Å². The van der Waals surface area contributed by atoms with E-state index in [4.69, 9.17) is 11.6 Å². The number of hydrogen-bond donors (Lipinski definition) is 1. The fourth-order valence-corrected chi connectivity index (χ4v) is 3.35. The van der Waals surface area contributed by atoms with Gasteiger partial charge in [-0.3, -0.25) is 9.59 Å². The SMILES string of the molecule is CN(Cc1cccc(Cl)c1)C(=O)CC[C@@H]1Cc2ccccc2NC1=O. The highest BCUT2D eigenvalue weighted by atomic mass is 35.5. The van der Waals surface area contributed by atoms with Gasteiger partial charge in [-0.05, 0) is 42.2 Å². The average Bonchev–Trinajstić information content (AvgIpc) is 2.59. The molecule has 1 atom stereocenters. The van der Waals surface area contributed by atoms with E-state index in [0.29, 0.717) is 30.8 Å². The fraction of sp³-hybridized carbons (Fsp3) is 0.300. The highest BCUT2D eigenvalue weighted by molar-refractivity contribution is 6.30. The van der Waals surface area contributed by atoms with Gasteiger partial charge in [0.15, 0.2) is 0 Å². The Kier molecular flexibility index (Phi) is 5.39. The first-order valence-corrected chi connectivity index (χ1v) is 8.78. The Labute approximate surface area is 152 Å². The Morgan fingerprint density at radius 1 is 1.24 bits per heavy atom. The highest BCUT2D eigenvalue weighted by Crippen LogP contribution is 2.27. The number of amides is 2. The van der Waals surface area contributed by atoms with Crippen molar-refractivity contribution < 1.29 is 9.59 Å². The molecule has 0 fully saturated rings. The molecule has 0 saturated heterocycles. The van der Waals surface area contributed by atoms with E-state index in [9.17, 15) is 9.59 Å². The van der Waals surface area contributed by atoms with Crippen molar-refractivity contribution in [3.63, 3.8) is 0 Å². The zero-order valence-corrected chi connectivity index (χ0v) is 14.9. The Bertz CT molecular complexity index is 791. The number of carbonyl (C=O) groups excluding carboxylic acids is 2. The van der Waals surface area contributed by atoms with Gasteiger partial charge in [0.05, 0.1) is 0 Å². The first kappa shape index (κ1) is 17.5. The van der Waals surface area contributed by atoms with E-state index in [1.165, 1.54) is 0 Å². The van der Waals surface area contributed by atoms with E-state index >= 15 is 0 Å². The Hall–Kier alpha value is -2.33. The van der Waals surface area contributed by atoms with Crippen LogP contribution in [0.3, 0.4) is 0 Å². The second-order valence-electron chi connectivity index (χ2n) is 6.47. The molecule has 0 aliphatic carbocycles. The molecule has 130 valence electrons. The molecule has 0 unspecified atom stereocenters. The van der Waals surface area contributed by atoms with Gasteiger partial charge in [0.1, 0.15) is 0 Å². The number of rotatable bonds is 5. The van der Waals surface area contributed by atoms with E-state index in [-0.39, 0.29) is 17.7 Å². The Morgan fingerprint density at radius 3 is 2.84 bits per heavy atom. The lowest BCUT2D eigenvalue weighted by Gasteiger charge is -2.25. The summed E-state index contributed by atoms with van der Waals surface area (Å²) >= 11 is 5.98. The molecule has 5 heteroatoms. The monoisotopic (exact) mass is 356 g/mol. The van der Waals surface area contributed by atoms with Crippen LogP contribution in [0.1, 0.15) is 24.0 Å². The van der Waals surface area contributed by atoms with Crippen molar-refractivity contribution in [3.05, 3.63) is 64.7 Å². The van der Waals surface area contributed by atoms with Crippen molar-refractivity contribution in [2.75, 3.05) is 12.4 Å². The first-order valence-electron chi connectivity index (χ1n) is 8.40. The fourth-order valence-electron chi connectivity index (χ4n) is 3.13. The lowest BCUT2D eigenvalue weighted by molar-refractivity contribution is -0.131. The van der Waals surface area contributed by atoms with Crippen molar-refractivity contribution >= 4 is 29.1 Å². The molecule has 0 bridgehead atoms. The highest BCUT2D eigenvalue weighted by Gasteiger charge is 2.26. The third kappa shape index (κ3) is 4.40. The minimum absolute atomic E-state index is 0.00370. The van der Waals surface area contributed by atoms with E-state index in [1.807, 2.05) is 48.5 Å². The number of nitrogens with one attached hydrogen (secondary N) is 1. The molecule has 0 saturated carbocycles. The first-order chi connectivity index (χ1) is 12.0. The second-order valence-corrected chi connectivity index (χ2v) is 6.90. The Balaban J connectivity index is 1.54. The quantitative estimate of drug-likeness (QED) is 0.883. The largest absolute Gasteiger partial charge is 0.341 e. The molecule has 25 heavy (non-hydrogen) atoms. The molecule has 2 amide bonds. The molecule has 0 aromatic heterocycles. The van der Waals surface area contributed by atoms with Gasteiger partial charge in [0, 0.05) is 36.6 Å². The number of nitrogens with zero attached hydrogens (tertiary/aromatic N) is 1. The van der Waals surface area contributed by atoms with Crippen LogP contribution in [-0.4, -0.2) is 23.8 Å². The van der Waals surface area contributed by atoms with E-state index < -0.39 is 0 Å². The average molecular weight is 357 g/mol. The summed E-state index contributed by atoms with van der Waals surface area (Å²) < 4.78 is 0. The van der Waals surface area contributed by atoms with Crippen LogP contribution in [0, 0.1) is 5.92 Å². The molecule has 3 rings (SSSR count).